The standard InChI is InChI=1S/C27H37N2.BrH/c1-18(2)22-11-9-12-23(19(3)4)26(22)28-15-16-29(17-28)27-24(20(5)6)13-10-14-25(27)21(7)8;/h9-21H,1-8H3;1H/q+1;/p-1. The predicted molar refractivity (Wildman–Crippen MR) is 124 cm³/mol. The number of halogens is 1. The number of hydrogen-bond acceptors (Lipinski definition) is 0. The smallest absolute Gasteiger partial charge is 0.254 e. The maximum Gasteiger partial charge on any atom is 0.254 e. The van der Waals surface area contributed by atoms with Crippen LogP contribution in [0.3, 0.4) is 0 Å². The molecule has 0 atom stereocenters. The lowest BCUT2D eigenvalue weighted by molar-refractivity contribution is -0.596. The molecule has 0 N–H and O–H groups in total. The Labute approximate surface area is 193 Å². The van der Waals surface area contributed by atoms with Gasteiger partial charge in [-0.2, -0.15) is 0 Å². The Hall–Kier alpha value is -1.87. The third-order valence-corrected chi connectivity index (χ3v) is 5.84. The number of nitrogens with zero attached hydrogens (tertiary/aromatic N) is 2. The molecular formula is C27H37BrN2. The number of benzene rings is 2. The van der Waals surface area contributed by atoms with Crippen LogP contribution in [-0.2, 0) is 0 Å². The lowest BCUT2D eigenvalue weighted by Crippen LogP contribution is -3.00. The topological polar surface area (TPSA) is 8.81 Å². The Balaban J connectivity index is 0.00000320. The first-order valence-electron chi connectivity index (χ1n) is 11.1. The largest absolute Gasteiger partial charge is 1.00 e. The van der Waals surface area contributed by atoms with Crippen molar-refractivity contribution < 1.29 is 21.5 Å². The normalized spacial score (nSPS) is 11.6. The van der Waals surface area contributed by atoms with Crippen molar-refractivity contribution in [2.24, 2.45) is 0 Å². The fraction of sp³-hybridized carbons (Fsp3) is 0.444. The van der Waals surface area contributed by atoms with Gasteiger partial charge in [-0.05, 0) is 23.7 Å². The lowest BCUT2D eigenvalue weighted by Gasteiger charge is -2.17. The molecule has 0 saturated heterocycles. The van der Waals surface area contributed by atoms with Crippen LogP contribution in [0.5, 0.6) is 0 Å². The van der Waals surface area contributed by atoms with E-state index < -0.39 is 0 Å². The molecule has 2 nitrogen and oxygen atoms in total. The minimum absolute atomic E-state index is 0. The Kier molecular flexibility index (Phi) is 8.10. The monoisotopic (exact) mass is 468 g/mol. The van der Waals surface area contributed by atoms with Gasteiger partial charge in [-0.25, -0.2) is 9.13 Å². The molecule has 0 amide bonds. The molecule has 3 rings (SSSR count). The molecule has 0 unspecified atom stereocenters. The number of rotatable bonds is 6. The Morgan fingerprint density at radius 1 is 0.633 bits per heavy atom. The van der Waals surface area contributed by atoms with Crippen LogP contribution >= 0.6 is 0 Å². The lowest BCUT2D eigenvalue weighted by atomic mass is 9.92. The van der Waals surface area contributed by atoms with E-state index in [-0.39, 0.29) is 17.0 Å². The summed E-state index contributed by atoms with van der Waals surface area (Å²) < 4.78 is 4.65. The van der Waals surface area contributed by atoms with Crippen molar-refractivity contribution >= 4 is 0 Å². The zero-order valence-corrected chi connectivity index (χ0v) is 21.4. The van der Waals surface area contributed by atoms with Crippen LogP contribution in [0.2, 0.25) is 0 Å². The summed E-state index contributed by atoms with van der Waals surface area (Å²) in [6, 6.07) is 13.5. The van der Waals surface area contributed by atoms with E-state index in [1.807, 2.05) is 0 Å². The Morgan fingerprint density at radius 2 is 1.03 bits per heavy atom. The van der Waals surface area contributed by atoms with Crippen LogP contribution in [0.1, 0.15) is 101 Å². The summed E-state index contributed by atoms with van der Waals surface area (Å²) in [5.41, 5.74) is 8.29. The minimum atomic E-state index is 0. The van der Waals surface area contributed by atoms with Gasteiger partial charge in [0.1, 0.15) is 23.8 Å². The number of para-hydroxylation sites is 2. The average Bonchev–Trinajstić information content (AvgIpc) is 3.15. The van der Waals surface area contributed by atoms with Crippen molar-refractivity contribution in [3.05, 3.63) is 77.4 Å². The zero-order valence-electron chi connectivity index (χ0n) is 19.8. The maximum atomic E-state index is 2.33. The van der Waals surface area contributed by atoms with Gasteiger partial charge in [0.2, 0.25) is 0 Å². The maximum absolute atomic E-state index is 2.33. The first-order chi connectivity index (χ1) is 13.7. The zero-order chi connectivity index (χ0) is 21.3. The molecule has 162 valence electrons. The third kappa shape index (κ3) is 4.72. The molecule has 1 aromatic heterocycles. The summed E-state index contributed by atoms with van der Waals surface area (Å²) in [5, 5.41) is 0. The van der Waals surface area contributed by atoms with E-state index in [1.54, 1.807) is 0 Å². The molecule has 0 fully saturated rings. The highest BCUT2D eigenvalue weighted by Crippen LogP contribution is 2.32. The number of aromatic nitrogens is 2. The average molecular weight is 470 g/mol. The fourth-order valence-corrected chi connectivity index (χ4v) is 4.24. The van der Waals surface area contributed by atoms with Crippen molar-refractivity contribution in [2.45, 2.75) is 79.1 Å². The van der Waals surface area contributed by atoms with E-state index in [9.17, 15) is 0 Å². The molecule has 0 saturated carbocycles. The van der Waals surface area contributed by atoms with E-state index in [2.05, 4.69) is 120 Å². The van der Waals surface area contributed by atoms with Crippen molar-refractivity contribution in [3.8, 4) is 11.4 Å². The minimum Gasteiger partial charge on any atom is -1.00 e. The number of imidazole rings is 1. The van der Waals surface area contributed by atoms with Crippen LogP contribution in [0.4, 0.5) is 0 Å². The van der Waals surface area contributed by atoms with Gasteiger partial charge in [-0.3, -0.25) is 0 Å². The summed E-state index contributed by atoms with van der Waals surface area (Å²) in [7, 11) is 0. The fourth-order valence-electron chi connectivity index (χ4n) is 4.24. The summed E-state index contributed by atoms with van der Waals surface area (Å²) >= 11 is 0. The van der Waals surface area contributed by atoms with Gasteiger partial charge in [0.25, 0.3) is 6.33 Å². The first kappa shape index (κ1) is 24.4. The van der Waals surface area contributed by atoms with Gasteiger partial charge in [-0.1, -0.05) is 91.8 Å². The summed E-state index contributed by atoms with van der Waals surface area (Å²) in [6.07, 6.45) is 6.70. The van der Waals surface area contributed by atoms with Gasteiger partial charge in [-0.15, -0.1) is 0 Å². The predicted octanol–water partition coefficient (Wildman–Crippen LogP) is 4.25. The van der Waals surface area contributed by atoms with Gasteiger partial charge < -0.3 is 17.0 Å². The molecule has 0 bridgehead atoms. The first-order valence-corrected chi connectivity index (χ1v) is 11.1. The van der Waals surface area contributed by atoms with Crippen molar-refractivity contribution in [2.75, 3.05) is 0 Å². The Morgan fingerprint density at radius 3 is 1.43 bits per heavy atom. The SMILES string of the molecule is CC(C)c1cccc(C(C)C)c1-n1cc[n+](-c2c(C(C)C)cccc2C(C)C)c1.[Br-]. The second kappa shape index (κ2) is 9.96. The van der Waals surface area contributed by atoms with Crippen LogP contribution in [0.25, 0.3) is 11.4 Å². The molecule has 30 heavy (non-hydrogen) atoms. The van der Waals surface area contributed by atoms with Crippen LogP contribution in [-0.4, -0.2) is 4.57 Å². The second-order valence-corrected chi connectivity index (χ2v) is 9.42. The van der Waals surface area contributed by atoms with Crippen LogP contribution in [0, 0.1) is 0 Å². The van der Waals surface area contributed by atoms with E-state index in [4.69, 9.17) is 0 Å². The molecule has 3 aromatic rings. The van der Waals surface area contributed by atoms with Crippen LogP contribution < -0.4 is 21.5 Å². The molecule has 0 aliphatic carbocycles. The van der Waals surface area contributed by atoms with Crippen molar-refractivity contribution in [1.29, 1.82) is 0 Å². The molecule has 3 heteroatoms. The van der Waals surface area contributed by atoms with Gasteiger partial charge in [0.05, 0.1) is 0 Å². The van der Waals surface area contributed by atoms with Crippen LogP contribution in [0.15, 0.2) is 55.1 Å². The third-order valence-electron chi connectivity index (χ3n) is 5.84. The molecular weight excluding hydrogens is 432 g/mol. The summed E-state index contributed by atoms with van der Waals surface area (Å²) in [6.45, 7) is 18.3. The highest BCUT2D eigenvalue weighted by atomic mass is 79.9. The molecule has 2 aromatic carbocycles. The Bertz CT molecular complexity index is 850. The van der Waals surface area contributed by atoms with Gasteiger partial charge in [0.15, 0.2) is 0 Å². The van der Waals surface area contributed by atoms with Gasteiger partial charge >= 0.3 is 0 Å². The van der Waals surface area contributed by atoms with Crippen molar-refractivity contribution in [1.82, 2.24) is 4.57 Å². The van der Waals surface area contributed by atoms with E-state index in [0.29, 0.717) is 23.7 Å². The second-order valence-electron chi connectivity index (χ2n) is 9.42. The molecule has 0 aliphatic rings. The molecule has 1 heterocycles. The molecule has 0 spiro atoms. The van der Waals surface area contributed by atoms with E-state index in [0.717, 1.165) is 0 Å². The highest BCUT2D eigenvalue weighted by molar-refractivity contribution is 5.51. The van der Waals surface area contributed by atoms with E-state index in [1.165, 1.54) is 33.6 Å². The van der Waals surface area contributed by atoms with Gasteiger partial charge in [0, 0.05) is 22.3 Å². The number of hydrogen-bond donors (Lipinski definition) is 0. The summed E-state index contributed by atoms with van der Waals surface area (Å²) in [4.78, 5) is 0. The molecule has 0 aliphatic heterocycles. The van der Waals surface area contributed by atoms with E-state index >= 15 is 0 Å². The van der Waals surface area contributed by atoms with Crippen molar-refractivity contribution in [3.63, 3.8) is 0 Å². The summed E-state index contributed by atoms with van der Waals surface area (Å²) in [5.74, 6) is 1.92. The quantitative estimate of drug-likeness (QED) is 0.478. The highest BCUT2D eigenvalue weighted by Gasteiger charge is 2.23. The molecule has 0 radical (unpaired) electrons.